The molecule has 5 rings (SSSR count). The van der Waals surface area contributed by atoms with Gasteiger partial charge in [0, 0.05) is 0 Å². The predicted molar refractivity (Wildman–Crippen MR) is 100 cm³/mol. The van der Waals surface area contributed by atoms with Crippen molar-refractivity contribution in [3.8, 4) is 0 Å². The fourth-order valence-corrected chi connectivity index (χ4v) is 7.15. The molecule has 4 heteroatoms. The van der Waals surface area contributed by atoms with Crippen LogP contribution in [-0.4, -0.2) is 24.0 Å². The minimum Gasteiger partial charge on any atom is -0.457 e. The molecule has 2 atom stereocenters. The van der Waals surface area contributed by atoms with E-state index in [9.17, 15) is 9.59 Å². The summed E-state index contributed by atoms with van der Waals surface area (Å²) < 4.78 is 6.41. The normalized spacial score (nSPS) is 43.7. The maximum absolute atomic E-state index is 12.7. The van der Waals surface area contributed by atoms with Gasteiger partial charge in [-0.15, -0.1) is 0 Å². The van der Waals surface area contributed by atoms with Crippen molar-refractivity contribution in [3.05, 3.63) is 12.7 Å². The monoisotopic (exact) mass is 359 g/mol. The zero-order chi connectivity index (χ0) is 18.3. The molecule has 0 heterocycles. The number of amides is 1. The Balaban J connectivity index is 1.57. The lowest BCUT2D eigenvalue weighted by Crippen LogP contribution is -2.64. The maximum Gasteiger partial charge on any atom is 0.325 e. The lowest BCUT2D eigenvalue weighted by atomic mass is 9.46. The molecule has 144 valence electrons. The summed E-state index contributed by atoms with van der Waals surface area (Å²) in [6.07, 6.45) is 12.5. The quantitative estimate of drug-likeness (QED) is 0.599. The van der Waals surface area contributed by atoms with Crippen molar-refractivity contribution >= 4 is 11.9 Å². The van der Waals surface area contributed by atoms with Crippen molar-refractivity contribution in [2.75, 3.05) is 6.54 Å². The number of ether oxygens (including phenoxy) is 1. The molecule has 1 N–H and O–H groups in total. The van der Waals surface area contributed by atoms with Crippen LogP contribution in [0.5, 0.6) is 0 Å². The van der Waals surface area contributed by atoms with Gasteiger partial charge < -0.3 is 10.1 Å². The first-order valence-electron chi connectivity index (χ1n) is 10.6. The number of carbonyl (C=O) groups excluding carboxylic acids is 2. The van der Waals surface area contributed by atoms with Crippen LogP contribution in [0.3, 0.4) is 0 Å². The summed E-state index contributed by atoms with van der Waals surface area (Å²) in [6, 6.07) is 0. The van der Waals surface area contributed by atoms with Crippen LogP contribution in [0.25, 0.3) is 0 Å². The number of hydrogen-bond acceptors (Lipinski definition) is 3. The van der Waals surface area contributed by atoms with Crippen LogP contribution in [0.4, 0.5) is 0 Å². The molecule has 5 aliphatic carbocycles. The number of esters is 1. The number of nitrogens with one attached hydrogen (secondary N) is 1. The Bertz CT molecular complexity index is 556. The SMILES string of the molecule is C=CC(=O)NCC(=O)OC1(C2CCCC(C)C2)C2CC3CC(C2)CC1C3. The molecule has 0 radical (unpaired) electrons. The second-order valence-electron chi connectivity index (χ2n) is 9.52. The highest BCUT2D eigenvalue weighted by molar-refractivity contribution is 5.89. The molecule has 1 amide bonds. The van der Waals surface area contributed by atoms with E-state index in [1.807, 2.05) is 0 Å². The van der Waals surface area contributed by atoms with Crippen molar-refractivity contribution in [2.24, 2.45) is 35.5 Å². The topological polar surface area (TPSA) is 55.4 Å². The second-order valence-corrected chi connectivity index (χ2v) is 9.52. The zero-order valence-electron chi connectivity index (χ0n) is 16.0. The van der Waals surface area contributed by atoms with Gasteiger partial charge in [-0.25, -0.2) is 0 Å². The van der Waals surface area contributed by atoms with E-state index in [0.717, 1.165) is 17.8 Å². The van der Waals surface area contributed by atoms with Crippen LogP contribution in [0.15, 0.2) is 12.7 Å². The lowest BCUT2D eigenvalue weighted by Gasteiger charge is -2.63. The van der Waals surface area contributed by atoms with Gasteiger partial charge in [-0.2, -0.15) is 0 Å². The maximum atomic E-state index is 12.7. The van der Waals surface area contributed by atoms with E-state index in [0.29, 0.717) is 17.8 Å². The molecule has 5 saturated carbocycles. The van der Waals surface area contributed by atoms with E-state index in [4.69, 9.17) is 4.74 Å². The third-order valence-electron chi connectivity index (χ3n) is 7.87. The average Bonchev–Trinajstić information content (AvgIpc) is 2.62. The first-order valence-corrected chi connectivity index (χ1v) is 10.6. The highest BCUT2D eigenvalue weighted by Crippen LogP contribution is 2.63. The Hall–Kier alpha value is -1.32. The van der Waals surface area contributed by atoms with Crippen molar-refractivity contribution in [2.45, 2.75) is 70.3 Å². The van der Waals surface area contributed by atoms with Crippen LogP contribution >= 0.6 is 0 Å². The Morgan fingerprint density at radius 1 is 1.04 bits per heavy atom. The van der Waals surface area contributed by atoms with E-state index in [2.05, 4.69) is 18.8 Å². The first-order chi connectivity index (χ1) is 12.5. The van der Waals surface area contributed by atoms with Gasteiger partial charge in [-0.1, -0.05) is 26.3 Å². The van der Waals surface area contributed by atoms with Gasteiger partial charge in [-0.05, 0) is 86.5 Å². The van der Waals surface area contributed by atoms with E-state index < -0.39 is 0 Å². The van der Waals surface area contributed by atoms with Crippen molar-refractivity contribution in [3.63, 3.8) is 0 Å². The summed E-state index contributed by atoms with van der Waals surface area (Å²) in [5.74, 6) is 3.43. The van der Waals surface area contributed by atoms with Crippen LogP contribution in [0.2, 0.25) is 0 Å². The minimum atomic E-state index is -0.313. The molecular weight excluding hydrogens is 326 g/mol. The Morgan fingerprint density at radius 2 is 1.69 bits per heavy atom. The fourth-order valence-electron chi connectivity index (χ4n) is 7.15. The van der Waals surface area contributed by atoms with Gasteiger partial charge in [0.15, 0.2) is 0 Å². The highest BCUT2D eigenvalue weighted by Gasteiger charge is 2.62. The van der Waals surface area contributed by atoms with E-state index >= 15 is 0 Å². The Kier molecular flexibility index (Phi) is 4.87. The smallest absolute Gasteiger partial charge is 0.325 e. The van der Waals surface area contributed by atoms with E-state index in [1.54, 1.807) is 0 Å². The first kappa shape index (κ1) is 18.1. The molecule has 5 fully saturated rings. The second kappa shape index (κ2) is 7.01. The summed E-state index contributed by atoms with van der Waals surface area (Å²) in [7, 11) is 0. The van der Waals surface area contributed by atoms with Gasteiger partial charge in [0.05, 0.1) is 0 Å². The molecule has 5 aliphatic rings. The highest BCUT2D eigenvalue weighted by atomic mass is 16.6. The van der Waals surface area contributed by atoms with Crippen LogP contribution in [-0.2, 0) is 14.3 Å². The lowest BCUT2D eigenvalue weighted by molar-refractivity contribution is -0.233. The number of rotatable bonds is 5. The van der Waals surface area contributed by atoms with Gasteiger partial charge in [0.1, 0.15) is 12.1 Å². The molecule has 0 aromatic rings. The van der Waals surface area contributed by atoms with Crippen molar-refractivity contribution in [1.29, 1.82) is 0 Å². The molecule has 0 aromatic heterocycles. The number of hydrogen-bond donors (Lipinski definition) is 1. The van der Waals surface area contributed by atoms with Crippen molar-refractivity contribution < 1.29 is 14.3 Å². The number of carbonyl (C=O) groups is 2. The molecular formula is C22H33NO3. The van der Waals surface area contributed by atoms with Gasteiger partial charge >= 0.3 is 5.97 Å². The summed E-state index contributed by atoms with van der Waals surface area (Å²) in [4.78, 5) is 24.2. The largest absolute Gasteiger partial charge is 0.457 e. The third kappa shape index (κ3) is 3.10. The average molecular weight is 360 g/mol. The van der Waals surface area contributed by atoms with Crippen molar-refractivity contribution in [1.82, 2.24) is 5.32 Å². The molecule has 2 unspecified atom stereocenters. The minimum absolute atomic E-state index is 0.0405. The summed E-state index contributed by atoms with van der Waals surface area (Å²) in [5.41, 5.74) is -0.266. The van der Waals surface area contributed by atoms with E-state index in [-0.39, 0.29) is 24.0 Å². The molecule has 4 nitrogen and oxygen atoms in total. The molecule has 0 aromatic carbocycles. The summed E-state index contributed by atoms with van der Waals surface area (Å²) in [5, 5.41) is 2.60. The third-order valence-corrected chi connectivity index (χ3v) is 7.87. The van der Waals surface area contributed by atoms with Crippen LogP contribution in [0.1, 0.15) is 64.7 Å². The molecule has 0 aliphatic heterocycles. The predicted octanol–water partition coefficient (Wildman–Crippen LogP) is 3.85. The van der Waals surface area contributed by atoms with Gasteiger partial charge in [0.25, 0.3) is 0 Å². The Labute approximate surface area is 157 Å². The standard InChI is InChI=1S/C22H33NO3/c1-3-20(24)23-13-21(25)26-22(17-6-4-5-14(2)7-17)18-9-15-8-16(11-18)12-19(22)10-15/h3,14-19H,1,4-13H2,2H3,(H,23,24). The van der Waals surface area contributed by atoms with E-state index in [1.165, 1.54) is 63.9 Å². The zero-order valence-corrected chi connectivity index (χ0v) is 16.0. The van der Waals surface area contributed by atoms with Crippen LogP contribution < -0.4 is 5.32 Å². The van der Waals surface area contributed by atoms with Gasteiger partial charge in [-0.3, -0.25) is 9.59 Å². The molecule has 26 heavy (non-hydrogen) atoms. The molecule has 4 bridgehead atoms. The molecule has 0 saturated heterocycles. The Morgan fingerprint density at radius 3 is 2.27 bits per heavy atom. The van der Waals surface area contributed by atoms with Crippen LogP contribution in [0, 0.1) is 35.5 Å². The fraction of sp³-hybridized carbons (Fsp3) is 0.818. The summed E-state index contributed by atoms with van der Waals surface area (Å²) in [6.45, 7) is 5.75. The summed E-state index contributed by atoms with van der Waals surface area (Å²) >= 11 is 0. The van der Waals surface area contributed by atoms with Gasteiger partial charge in [0.2, 0.25) is 5.91 Å². The molecule has 0 spiro atoms.